The molecule has 214 valence electrons. The van der Waals surface area contributed by atoms with Crippen LogP contribution in [-0.4, -0.2) is 36.7 Å². The van der Waals surface area contributed by atoms with Crippen LogP contribution in [0.1, 0.15) is 24.1 Å². The predicted octanol–water partition coefficient (Wildman–Crippen LogP) is 3.81. The van der Waals surface area contributed by atoms with E-state index in [-0.39, 0.29) is 21.5 Å². The number of nitrogens with zero attached hydrogens (tertiary/aromatic N) is 3. The number of hydrogen-bond donors (Lipinski definition) is 1. The summed E-state index contributed by atoms with van der Waals surface area (Å²) in [6.07, 6.45) is 1.56. The molecular formula is C30H26N4O7S. The summed E-state index contributed by atoms with van der Waals surface area (Å²) < 4.78 is 17.9. The van der Waals surface area contributed by atoms with Gasteiger partial charge in [0, 0.05) is 23.4 Å². The fraction of sp³-hybridized carbons (Fsp3) is 0.167. The van der Waals surface area contributed by atoms with Crippen molar-refractivity contribution >= 4 is 34.7 Å². The lowest BCUT2D eigenvalue weighted by Crippen LogP contribution is -2.40. The van der Waals surface area contributed by atoms with Gasteiger partial charge in [-0.05, 0) is 48.9 Å². The van der Waals surface area contributed by atoms with E-state index in [1.807, 2.05) is 6.07 Å². The maximum atomic E-state index is 14.0. The molecule has 0 fully saturated rings. The minimum Gasteiger partial charge on any atom is -0.497 e. The number of nitro groups is 1. The molecule has 2 heterocycles. The molecule has 0 saturated carbocycles. The van der Waals surface area contributed by atoms with Gasteiger partial charge >= 0.3 is 5.69 Å². The Hall–Kier alpha value is -5.23. The van der Waals surface area contributed by atoms with Gasteiger partial charge in [0.25, 0.3) is 11.5 Å². The predicted molar refractivity (Wildman–Crippen MR) is 158 cm³/mol. The van der Waals surface area contributed by atoms with Gasteiger partial charge in [0.05, 0.1) is 42.1 Å². The van der Waals surface area contributed by atoms with Gasteiger partial charge in [-0.15, -0.1) is 0 Å². The van der Waals surface area contributed by atoms with Crippen molar-refractivity contribution < 1.29 is 23.9 Å². The van der Waals surface area contributed by atoms with Crippen LogP contribution in [0.5, 0.6) is 17.2 Å². The number of aromatic nitrogens is 1. The van der Waals surface area contributed by atoms with E-state index in [4.69, 9.17) is 14.2 Å². The number of fused-ring (bicyclic) bond motifs is 1. The van der Waals surface area contributed by atoms with Crippen LogP contribution in [0.4, 0.5) is 11.4 Å². The number of benzene rings is 3. The summed E-state index contributed by atoms with van der Waals surface area (Å²) in [7, 11) is 4.38. The molecule has 0 unspecified atom stereocenters. The van der Waals surface area contributed by atoms with Gasteiger partial charge in [0.2, 0.25) is 0 Å². The van der Waals surface area contributed by atoms with Gasteiger partial charge < -0.3 is 19.5 Å². The van der Waals surface area contributed by atoms with Crippen LogP contribution in [0, 0.1) is 10.1 Å². The third-order valence-electron chi connectivity index (χ3n) is 6.73. The molecule has 0 spiro atoms. The Morgan fingerprint density at radius 3 is 2.43 bits per heavy atom. The second-order valence-corrected chi connectivity index (χ2v) is 10.2. The minimum absolute atomic E-state index is 0.106. The van der Waals surface area contributed by atoms with Crippen molar-refractivity contribution in [3.8, 4) is 17.2 Å². The monoisotopic (exact) mass is 586 g/mol. The Labute approximate surface area is 243 Å². The Morgan fingerprint density at radius 1 is 1.02 bits per heavy atom. The van der Waals surface area contributed by atoms with Crippen LogP contribution in [0.2, 0.25) is 0 Å². The van der Waals surface area contributed by atoms with Crippen LogP contribution in [0.25, 0.3) is 6.08 Å². The van der Waals surface area contributed by atoms with Gasteiger partial charge in [-0.3, -0.25) is 24.3 Å². The van der Waals surface area contributed by atoms with Crippen LogP contribution < -0.4 is 34.4 Å². The molecule has 0 bridgehead atoms. The molecule has 1 N–H and O–H groups in total. The molecule has 1 aromatic heterocycles. The second kappa shape index (κ2) is 11.7. The number of nitrogens with one attached hydrogen (secondary N) is 1. The van der Waals surface area contributed by atoms with E-state index in [1.54, 1.807) is 61.5 Å². The molecule has 1 aliphatic heterocycles. The Morgan fingerprint density at radius 2 is 1.76 bits per heavy atom. The highest BCUT2D eigenvalue weighted by Crippen LogP contribution is 2.37. The molecule has 1 aliphatic rings. The van der Waals surface area contributed by atoms with E-state index in [2.05, 4.69) is 10.3 Å². The number of hydrogen-bond acceptors (Lipinski definition) is 9. The van der Waals surface area contributed by atoms with E-state index in [0.29, 0.717) is 38.8 Å². The molecule has 1 atom stereocenters. The molecule has 0 saturated heterocycles. The van der Waals surface area contributed by atoms with E-state index in [1.165, 1.54) is 38.0 Å². The largest absolute Gasteiger partial charge is 0.497 e. The van der Waals surface area contributed by atoms with Gasteiger partial charge in [-0.1, -0.05) is 35.6 Å². The van der Waals surface area contributed by atoms with E-state index in [0.717, 1.165) is 11.3 Å². The maximum Gasteiger partial charge on any atom is 0.311 e. The lowest BCUT2D eigenvalue weighted by atomic mass is 9.94. The molecule has 11 nitrogen and oxygen atoms in total. The third-order valence-corrected chi connectivity index (χ3v) is 7.71. The number of methoxy groups -OCH3 is 3. The highest BCUT2D eigenvalue weighted by atomic mass is 32.1. The average Bonchev–Trinajstić information content (AvgIpc) is 3.30. The Bertz CT molecular complexity index is 1910. The zero-order valence-corrected chi connectivity index (χ0v) is 23.9. The molecule has 42 heavy (non-hydrogen) atoms. The summed E-state index contributed by atoms with van der Waals surface area (Å²) in [6.45, 7) is 1.72. The Kier molecular flexibility index (Phi) is 7.89. The minimum atomic E-state index is -0.891. The number of carbonyl (C=O) groups is 1. The summed E-state index contributed by atoms with van der Waals surface area (Å²) in [5, 5.41) is 14.5. The number of para-hydroxylation sites is 1. The van der Waals surface area contributed by atoms with Crippen molar-refractivity contribution in [3.05, 3.63) is 119 Å². The first kappa shape index (κ1) is 28.3. The molecular weight excluding hydrogens is 560 g/mol. The number of carbonyl (C=O) groups excluding carboxylic acids is 1. The normalized spacial score (nSPS) is 14.6. The summed E-state index contributed by atoms with van der Waals surface area (Å²) >= 11 is 1.12. The first-order chi connectivity index (χ1) is 20.2. The molecule has 3 aromatic carbocycles. The lowest BCUT2D eigenvalue weighted by molar-refractivity contribution is -0.385. The summed E-state index contributed by atoms with van der Waals surface area (Å²) in [4.78, 5) is 43.8. The third kappa shape index (κ3) is 5.27. The number of amides is 1. The fourth-order valence-electron chi connectivity index (χ4n) is 4.76. The number of ether oxygens (including phenoxy) is 3. The standard InChI is InChI=1S/C30H26N4O7S/c1-17-26(28(35)32-19-8-6-5-7-9-19)27(21-12-11-20(39-2)16-24(21)41-4)33-29(36)25(42-30(33)31-17)15-18-10-13-23(40-3)22(14-18)34(37)38/h5-16,27H,1-4H3,(H,32,35)/b25-15-/t27-/m0/s1. The van der Waals surface area contributed by atoms with Crippen LogP contribution >= 0.6 is 11.3 Å². The zero-order valence-electron chi connectivity index (χ0n) is 23.1. The van der Waals surface area contributed by atoms with Crippen molar-refractivity contribution in [3.63, 3.8) is 0 Å². The summed E-state index contributed by atoms with van der Waals surface area (Å²) in [5.74, 6) is 0.639. The summed E-state index contributed by atoms with van der Waals surface area (Å²) in [6, 6.07) is 17.7. The number of anilines is 1. The first-order valence-corrected chi connectivity index (χ1v) is 13.5. The van der Waals surface area contributed by atoms with Crippen molar-refractivity contribution in [1.82, 2.24) is 4.57 Å². The number of rotatable bonds is 8. The topological polar surface area (TPSA) is 134 Å². The summed E-state index contributed by atoms with van der Waals surface area (Å²) in [5.41, 5.74) is 1.62. The van der Waals surface area contributed by atoms with E-state index in [9.17, 15) is 19.7 Å². The number of thiazole rings is 1. The number of nitro benzene ring substituents is 1. The van der Waals surface area contributed by atoms with Crippen LogP contribution in [-0.2, 0) is 4.79 Å². The SMILES string of the molecule is COc1ccc([C@H]2C(C(=O)Nc3ccccc3)=C(C)N=c3s/c(=C\c4ccc(OC)c([N+](=O)[O-])c4)c(=O)n32)c(OC)c1. The lowest BCUT2D eigenvalue weighted by Gasteiger charge is -2.26. The highest BCUT2D eigenvalue weighted by molar-refractivity contribution is 7.07. The zero-order chi connectivity index (χ0) is 30.0. The van der Waals surface area contributed by atoms with Crippen LogP contribution in [0.15, 0.2) is 87.8 Å². The van der Waals surface area contributed by atoms with Crippen molar-refractivity contribution in [2.24, 2.45) is 4.99 Å². The molecule has 12 heteroatoms. The molecule has 5 rings (SSSR count). The molecule has 4 aromatic rings. The highest BCUT2D eigenvalue weighted by Gasteiger charge is 2.34. The van der Waals surface area contributed by atoms with Crippen molar-refractivity contribution in [2.75, 3.05) is 26.6 Å². The van der Waals surface area contributed by atoms with Gasteiger partial charge in [-0.25, -0.2) is 4.99 Å². The maximum absolute atomic E-state index is 14.0. The first-order valence-electron chi connectivity index (χ1n) is 12.7. The molecule has 0 aliphatic carbocycles. The fourth-order valence-corrected chi connectivity index (χ4v) is 5.81. The molecule has 1 amide bonds. The molecule has 0 radical (unpaired) electrons. The van der Waals surface area contributed by atoms with Crippen molar-refractivity contribution in [1.29, 1.82) is 0 Å². The van der Waals surface area contributed by atoms with E-state index < -0.39 is 22.4 Å². The van der Waals surface area contributed by atoms with Gasteiger partial charge in [-0.2, -0.15) is 0 Å². The van der Waals surface area contributed by atoms with E-state index >= 15 is 0 Å². The van der Waals surface area contributed by atoms with Crippen LogP contribution in [0.3, 0.4) is 0 Å². The van der Waals surface area contributed by atoms with Gasteiger partial charge in [0.1, 0.15) is 17.5 Å². The van der Waals surface area contributed by atoms with Gasteiger partial charge in [0.15, 0.2) is 10.6 Å². The quantitative estimate of drug-likeness (QED) is 0.245. The Balaban J connectivity index is 1.71. The second-order valence-electron chi connectivity index (χ2n) is 9.20. The smallest absolute Gasteiger partial charge is 0.311 e. The number of allylic oxidation sites excluding steroid dienone is 1. The van der Waals surface area contributed by atoms with Crippen molar-refractivity contribution in [2.45, 2.75) is 13.0 Å². The average molecular weight is 587 g/mol.